The van der Waals surface area contributed by atoms with Gasteiger partial charge in [0.15, 0.2) is 21.3 Å². The Morgan fingerprint density at radius 2 is 1.95 bits per heavy atom. The first-order valence-electron chi connectivity index (χ1n) is 6.57. The summed E-state index contributed by atoms with van der Waals surface area (Å²) >= 11 is 3.39. The van der Waals surface area contributed by atoms with Crippen molar-refractivity contribution in [3.8, 4) is 11.5 Å². The van der Waals surface area contributed by atoms with E-state index in [2.05, 4.69) is 15.9 Å². The third kappa shape index (κ3) is 4.66. The van der Waals surface area contributed by atoms with Crippen molar-refractivity contribution >= 4 is 25.8 Å². The molecule has 1 aromatic rings. The van der Waals surface area contributed by atoms with Crippen LogP contribution in [-0.2, 0) is 15.2 Å². The fourth-order valence-electron chi connectivity index (χ4n) is 1.60. The molecule has 0 radical (unpaired) electrons. The molecule has 114 valence electrons. The summed E-state index contributed by atoms with van der Waals surface area (Å²) in [5.74, 6) is 1.27. The summed E-state index contributed by atoms with van der Waals surface area (Å²) in [4.78, 5) is 0. The Morgan fingerprint density at radius 3 is 2.50 bits per heavy atom. The van der Waals surface area contributed by atoms with Gasteiger partial charge in [-0.25, -0.2) is 8.42 Å². The molecule has 6 heteroatoms. The van der Waals surface area contributed by atoms with E-state index in [0.29, 0.717) is 23.4 Å². The van der Waals surface area contributed by atoms with Crippen LogP contribution in [0, 0.1) is 0 Å². The van der Waals surface area contributed by atoms with Gasteiger partial charge < -0.3 is 9.47 Å². The Bertz CT molecular complexity index is 526. The molecule has 0 N–H and O–H groups in total. The molecule has 0 spiro atoms. The van der Waals surface area contributed by atoms with E-state index < -0.39 is 9.84 Å². The second kappa shape index (κ2) is 7.88. The van der Waals surface area contributed by atoms with E-state index in [9.17, 15) is 8.42 Å². The maximum Gasteiger partial charge on any atom is 0.165 e. The van der Waals surface area contributed by atoms with Crippen molar-refractivity contribution in [1.82, 2.24) is 0 Å². The van der Waals surface area contributed by atoms with Gasteiger partial charge >= 0.3 is 0 Å². The molecular weight excluding hydrogens is 344 g/mol. The van der Waals surface area contributed by atoms with E-state index in [0.717, 1.165) is 5.56 Å². The minimum atomic E-state index is -3.09. The maximum absolute atomic E-state index is 11.8. The Hall–Kier alpha value is -0.750. The van der Waals surface area contributed by atoms with Gasteiger partial charge in [0.2, 0.25) is 0 Å². The molecule has 0 fully saturated rings. The first-order chi connectivity index (χ1) is 9.42. The Kier molecular flexibility index (Phi) is 6.82. The van der Waals surface area contributed by atoms with E-state index in [1.54, 1.807) is 13.8 Å². The number of ether oxygens (including phenoxy) is 2. The Balaban J connectivity index is 2.81. The van der Waals surface area contributed by atoms with E-state index in [-0.39, 0.29) is 17.6 Å². The lowest BCUT2D eigenvalue weighted by Crippen LogP contribution is -2.22. The SMILES string of the molecule is CCOc1cccc(CBr)c1OCCS(=O)(=O)C(C)C. The smallest absolute Gasteiger partial charge is 0.165 e. The molecule has 0 amide bonds. The van der Waals surface area contributed by atoms with Crippen molar-refractivity contribution in [1.29, 1.82) is 0 Å². The number of rotatable bonds is 8. The number of sulfone groups is 1. The third-order valence-corrected chi connectivity index (χ3v) is 5.61. The molecule has 0 saturated heterocycles. The standard InChI is InChI=1S/C14H21BrO4S/c1-4-18-13-7-5-6-12(10-15)14(13)19-8-9-20(16,17)11(2)3/h5-7,11H,4,8-10H2,1-3H3. The Labute approximate surface area is 129 Å². The van der Waals surface area contributed by atoms with Crippen LogP contribution >= 0.6 is 15.9 Å². The minimum Gasteiger partial charge on any atom is -0.490 e. The fraction of sp³-hybridized carbons (Fsp3) is 0.571. The normalized spacial score (nSPS) is 11.7. The molecule has 0 heterocycles. The molecule has 0 atom stereocenters. The number of halogens is 1. The van der Waals surface area contributed by atoms with Crippen LogP contribution in [0.1, 0.15) is 26.3 Å². The molecule has 0 saturated carbocycles. The number of hydrogen-bond donors (Lipinski definition) is 0. The molecular formula is C14H21BrO4S. The zero-order valence-electron chi connectivity index (χ0n) is 12.1. The van der Waals surface area contributed by atoms with E-state index in [1.807, 2.05) is 25.1 Å². The lowest BCUT2D eigenvalue weighted by Gasteiger charge is -2.15. The first-order valence-corrected chi connectivity index (χ1v) is 9.41. The molecule has 4 nitrogen and oxygen atoms in total. The first kappa shape index (κ1) is 17.3. The number of benzene rings is 1. The van der Waals surface area contributed by atoms with Crippen LogP contribution in [0.3, 0.4) is 0 Å². The van der Waals surface area contributed by atoms with E-state index in [4.69, 9.17) is 9.47 Å². The van der Waals surface area contributed by atoms with Crippen molar-refractivity contribution in [2.75, 3.05) is 19.0 Å². The predicted octanol–water partition coefficient (Wildman–Crippen LogP) is 3.18. The molecule has 1 rings (SSSR count). The topological polar surface area (TPSA) is 52.6 Å². The molecule has 20 heavy (non-hydrogen) atoms. The van der Waals surface area contributed by atoms with Crippen LogP contribution in [0.25, 0.3) is 0 Å². The summed E-state index contributed by atoms with van der Waals surface area (Å²) in [5, 5.41) is 0.240. The largest absolute Gasteiger partial charge is 0.490 e. The van der Waals surface area contributed by atoms with E-state index in [1.165, 1.54) is 0 Å². The van der Waals surface area contributed by atoms with Crippen LogP contribution < -0.4 is 9.47 Å². The molecule has 0 unspecified atom stereocenters. The quantitative estimate of drug-likeness (QED) is 0.664. The fourth-order valence-corrected chi connectivity index (χ4v) is 2.82. The van der Waals surface area contributed by atoms with Crippen LogP contribution in [0.2, 0.25) is 0 Å². The Morgan fingerprint density at radius 1 is 1.25 bits per heavy atom. The monoisotopic (exact) mass is 364 g/mol. The van der Waals surface area contributed by atoms with Crippen LogP contribution in [0.15, 0.2) is 18.2 Å². The van der Waals surface area contributed by atoms with Crippen LogP contribution in [0.4, 0.5) is 0 Å². The van der Waals surface area contributed by atoms with Gasteiger partial charge in [0.05, 0.1) is 17.6 Å². The summed E-state index contributed by atoms with van der Waals surface area (Å²) in [5.41, 5.74) is 0.942. The van der Waals surface area contributed by atoms with E-state index >= 15 is 0 Å². The highest BCUT2D eigenvalue weighted by atomic mass is 79.9. The predicted molar refractivity (Wildman–Crippen MR) is 84.7 cm³/mol. The second-order valence-corrected chi connectivity index (χ2v) is 7.81. The highest BCUT2D eigenvalue weighted by Crippen LogP contribution is 2.32. The van der Waals surface area contributed by atoms with Gasteiger partial charge in [-0.2, -0.15) is 0 Å². The summed E-state index contributed by atoms with van der Waals surface area (Å²) in [6.45, 7) is 5.91. The number of alkyl halides is 1. The third-order valence-electron chi connectivity index (χ3n) is 2.84. The molecule has 0 aliphatic carbocycles. The summed E-state index contributed by atoms with van der Waals surface area (Å²) in [7, 11) is -3.09. The summed E-state index contributed by atoms with van der Waals surface area (Å²) in [6, 6.07) is 5.63. The van der Waals surface area contributed by atoms with Gasteiger partial charge in [0.1, 0.15) is 6.61 Å². The second-order valence-electron chi connectivity index (χ2n) is 4.58. The summed E-state index contributed by atoms with van der Waals surface area (Å²) in [6.07, 6.45) is 0. The average molecular weight is 365 g/mol. The van der Waals surface area contributed by atoms with Crippen molar-refractivity contribution in [3.05, 3.63) is 23.8 Å². The van der Waals surface area contributed by atoms with Crippen molar-refractivity contribution < 1.29 is 17.9 Å². The van der Waals surface area contributed by atoms with Crippen molar-refractivity contribution in [3.63, 3.8) is 0 Å². The summed E-state index contributed by atoms with van der Waals surface area (Å²) < 4.78 is 34.7. The van der Waals surface area contributed by atoms with Crippen LogP contribution in [0.5, 0.6) is 11.5 Å². The van der Waals surface area contributed by atoms with Gasteiger partial charge in [0, 0.05) is 10.9 Å². The maximum atomic E-state index is 11.8. The van der Waals surface area contributed by atoms with Gasteiger partial charge in [-0.3, -0.25) is 0 Å². The van der Waals surface area contributed by atoms with Crippen molar-refractivity contribution in [2.24, 2.45) is 0 Å². The lowest BCUT2D eigenvalue weighted by molar-refractivity contribution is 0.286. The zero-order valence-corrected chi connectivity index (χ0v) is 14.5. The average Bonchev–Trinajstić information content (AvgIpc) is 2.40. The molecule has 1 aromatic carbocycles. The molecule has 0 aromatic heterocycles. The number of para-hydroxylation sites is 1. The molecule has 0 aliphatic rings. The van der Waals surface area contributed by atoms with Gasteiger partial charge in [0.25, 0.3) is 0 Å². The van der Waals surface area contributed by atoms with Gasteiger partial charge in [-0.1, -0.05) is 28.1 Å². The minimum absolute atomic E-state index is 0.00680. The highest BCUT2D eigenvalue weighted by Gasteiger charge is 2.17. The van der Waals surface area contributed by atoms with Crippen LogP contribution in [-0.4, -0.2) is 32.6 Å². The highest BCUT2D eigenvalue weighted by molar-refractivity contribution is 9.08. The lowest BCUT2D eigenvalue weighted by atomic mass is 10.2. The molecule has 0 aliphatic heterocycles. The van der Waals surface area contributed by atoms with Gasteiger partial charge in [-0.05, 0) is 26.8 Å². The molecule has 0 bridgehead atoms. The number of hydrogen-bond acceptors (Lipinski definition) is 4. The zero-order chi connectivity index (χ0) is 15.2. The van der Waals surface area contributed by atoms with Crippen molar-refractivity contribution in [2.45, 2.75) is 31.4 Å². The van der Waals surface area contributed by atoms with Gasteiger partial charge in [-0.15, -0.1) is 0 Å².